The van der Waals surface area contributed by atoms with Crippen molar-refractivity contribution < 1.29 is 19.0 Å². The molecular formula is C14H19NO4. The molecule has 1 saturated heterocycles. The van der Waals surface area contributed by atoms with Crippen molar-refractivity contribution in [1.29, 1.82) is 0 Å². The molecule has 0 aromatic heterocycles. The average Bonchev–Trinajstić information content (AvgIpc) is 2.46. The first-order chi connectivity index (χ1) is 9.17. The van der Waals surface area contributed by atoms with Crippen LogP contribution < -0.4 is 9.47 Å². The molecule has 0 radical (unpaired) electrons. The quantitative estimate of drug-likeness (QED) is 0.832. The molecule has 1 amide bonds. The molecule has 1 aliphatic heterocycles. The van der Waals surface area contributed by atoms with Crippen LogP contribution in [0.3, 0.4) is 0 Å². The molecule has 1 aromatic rings. The van der Waals surface area contributed by atoms with Gasteiger partial charge in [0.1, 0.15) is 0 Å². The summed E-state index contributed by atoms with van der Waals surface area (Å²) in [5, 5.41) is 0. The molecule has 1 atom stereocenters. The average molecular weight is 265 g/mol. The van der Waals surface area contributed by atoms with E-state index >= 15 is 0 Å². The third-order valence-electron chi connectivity index (χ3n) is 3.26. The lowest BCUT2D eigenvalue weighted by atomic mass is 10.1. The maximum Gasteiger partial charge on any atom is 0.254 e. The van der Waals surface area contributed by atoms with Gasteiger partial charge < -0.3 is 19.1 Å². The molecule has 0 saturated carbocycles. The first kappa shape index (κ1) is 13.7. The van der Waals surface area contributed by atoms with Crippen molar-refractivity contribution in [1.82, 2.24) is 4.90 Å². The van der Waals surface area contributed by atoms with E-state index in [1.807, 2.05) is 11.8 Å². The van der Waals surface area contributed by atoms with Crippen LogP contribution in [0.1, 0.15) is 17.3 Å². The van der Waals surface area contributed by atoms with E-state index in [-0.39, 0.29) is 11.9 Å². The topological polar surface area (TPSA) is 48.0 Å². The summed E-state index contributed by atoms with van der Waals surface area (Å²) in [6.07, 6.45) is 0. The van der Waals surface area contributed by atoms with Crippen molar-refractivity contribution in [2.45, 2.75) is 13.0 Å². The summed E-state index contributed by atoms with van der Waals surface area (Å²) >= 11 is 0. The summed E-state index contributed by atoms with van der Waals surface area (Å²) in [5.41, 5.74) is 0.603. The largest absolute Gasteiger partial charge is 0.493 e. The number of rotatable bonds is 3. The molecule has 104 valence electrons. The second kappa shape index (κ2) is 5.93. The van der Waals surface area contributed by atoms with Crippen molar-refractivity contribution in [3.05, 3.63) is 23.8 Å². The molecule has 19 heavy (non-hydrogen) atoms. The lowest BCUT2D eigenvalue weighted by molar-refractivity contribution is 0.00358. The van der Waals surface area contributed by atoms with Crippen LogP contribution in [0.5, 0.6) is 11.5 Å². The minimum Gasteiger partial charge on any atom is -0.493 e. The summed E-state index contributed by atoms with van der Waals surface area (Å²) in [6.45, 7) is 3.77. The molecule has 2 rings (SSSR count). The molecule has 0 bridgehead atoms. The van der Waals surface area contributed by atoms with Gasteiger partial charge in [-0.3, -0.25) is 4.79 Å². The van der Waals surface area contributed by atoms with Gasteiger partial charge in [0, 0.05) is 12.1 Å². The number of amides is 1. The highest BCUT2D eigenvalue weighted by Gasteiger charge is 2.25. The van der Waals surface area contributed by atoms with Crippen LogP contribution in [0.25, 0.3) is 0 Å². The Hall–Kier alpha value is -1.75. The Kier molecular flexibility index (Phi) is 4.27. The standard InChI is InChI=1S/C14H19NO4/c1-10-9-19-7-6-15(10)14(16)11-4-5-12(17-2)13(8-11)18-3/h4-5,8,10H,6-7,9H2,1-3H3. The number of hydrogen-bond donors (Lipinski definition) is 0. The van der Waals surface area contributed by atoms with Crippen molar-refractivity contribution in [3.8, 4) is 11.5 Å². The van der Waals surface area contributed by atoms with Crippen LogP contribution in [-0.2, 0) is 4.74 Å². The van der Waals surface area contributed by atoms with E-state index < -0.39 is 0 Å². The Labute approximate surface area is 113 Å². The molecule has 1 heterocycles. The molecule has 1 aromatic carbocycles. The number of carbonyl (C=O) groups excluding carboxylic acids is 1. The Balaban J connectivity index is 2.23. The lowest BCUT2D eigenvalue weighted by Gasteiger charge is -2.33. The van der Waals surface area contributed by atoms with Crippen LogP contribution in [0.4, 0.5) is 0 Å². The normalized spacial score (nSPS) is 19.1. The fourth-order valence-electron chi connectivity index (χ4n) is 2.16. The summed E-state index contributed by atoms with van der Waals surface area (Å²) in [5.74, 6) is 1.18. The third-order valence-corrected chi connectivity index (χ3v) is 3.26. The zero-order valence-electron chi connectivity index (χ0n) is 11.5. The zero-order valence-corrected chi connectivity index (χ0v) is 11.5. The van der Waals surface area contributed by atoms with E-state index in [9.17, 15) is 4.79 Å². The van der Waals surface area contributed by atoms with E-state index in [0.29, 0.717) is 36.8 Å². The van der Waals surface area contributed by atoms with Crippen molar-refractivity contribution in [2.24, 2.45) is 0 Å². The van der Waals surface area contributed by atoms with Crippen LogP contribution in [0.2, 0.25) is 0 Å². The number of benzene rings is 1. The minimum atomic E-state index is -0.00301. The van der Waals surface area contributed by atoms with E-state index in [1.54, 1.807) is 32.4 Å². The third kappa shape index (κ3) is 2.81. The van der Waals surface area contributed by atoms with Crippen molar-refractivity contribution in [3.63, 3.8) is 0 Å². The number of nitrogens with zero attached hydrogens (tertiary/aromatic N) is 1. The van der Waals surface area contributed by atoms with Gasteiger partial charge in [-0.15, -0.1) is 0 Å². The molecule has 0 spiro atoms. The van der Waals surface area contributed by atoms with Gasteiger partial charge in [0.15, 0.2) is 11.5 Å². The number of morpholine rings is 1. The van der Waals surface area contributed by atoms with Gasteiger partial charge in [-0.1, -0.05) is 0 Å². The van der Waals surface area contributed by atoms with Gasteiger partial charge >= 0.3 is 0 Å². The second-order valence-corrected chi connectivity index (χ2v) is 4.49. The minimum absolute atomic E-state index is 0.00301. The van der Waals surface area contributed by atoms with Crippen molar-refractivity contribution >= 4 is 5.91 Å². The van der Waals surface area contributed by atoms with Gasteiger partial charge in [-0.25, -0.2) is 0 Å². The summed E-state index contributed by atoms with van der Waals surface area (Å²) in [6, 6.07) is 5.31. The molecule has 1 fully saturated rings. The van der Waals surface area contributed by atoms with Gasteiger partial charge in [0.25, 0.3) is 5.91 Å². The fraction of sp³-hybridized carbons (Fsp3) is 0.500. The predicted molar refractivity (Wildman–Crippen MR) is 70.9 cm³/mol. The first-order valence-corrected chi connectivity index (χ1v) is 6.28. The molecule has 1 aliphatic rings. The lowest BCUT2D eigenvalue weighted by Crippen LogP contribution is -2.47. The molecular weight excluding hydrogens is 246 g/mol. The monoisotopic (exact) mass is 265 g/mol. The molecule has 1 unspecified atom stereocenters. The van der Waals surface area contributed by atoms with Crippen molar-refractivity contribution in [2.75, 3.05) is 34.0 Å². The van der Waals surface area contributed by atoms with Gasteiger partial charge in [-0.2, -0.15) is 0 Å². The first-order valence-electron chi connectivity index (χ1n) is 6.28. The fourth-order valence-corrected chi connectivity index (χ4v) is 2.16. The van der Waals surface area contributed by atoms with Crippen LogP contribution in [0.15, 0.2) is 18.2 Å². The Morgan fingerprint density at radius 3 is 2.68 bits per heavy atom. The maximum atomic E-state index is 12.5. The van der Waals surface area contributed by atoms with Gasteiger partial charge in [0.05, 0.1) is 33.5 Å². The highest BCUT2D eigenvalue weighted by molar-refractivity contribution is 5.95. The zero-order chi connectivity index (χ0) is 13.8. The summed E-state index contributed by atoms with van der Waals surface area (Å²) in [4.78, 5) is 14.3. The van der Waals surface area contributed by atoms with E-state index in [4.69, 9.17) is 14.2 Å². The van der Waals surface area contributed by atoms with E-state index in [2.05, 4.69) is 0 Å². The van der Waals surface area contributed by atoms with Crippen LogP contribution >= 0.6 is 0 Å². The van der Waals surface area contributed by atoms with Crippen LogP contribution in [-0.4, -0.2) is 50.8 Å². The Morgan fingerprint density at radius 2 is 2.05 bits per heavy atom. The molecule has 0 N–H and O–H groups in total. The van der Waals surface area contributed by atoms with E-state index in [1.165, 1.54) is 0 Å². The summed E-state index contributed by atoms with van der Waals surface area (Å²) < 4.78 is 15.7. The highest BCUT2D eigenvalue weighted by Crippen LogP contribution is 2.28. The second-order valence-electron chi connectivity index (χ2n) is 4.49. The highest BCUT2D eigenvalue weighted by atomic mass is 16.5. The SMILES string of the molecule is COc1ccc(C(=O)N2CCOCC2C)cc1OC. The van der Waals surface area contributed by atoms with Crippen LogP contribution in [0, 0.1) is 0 Å². The number of ether oxygens (including phenoxy) is 3. The molecule has 5 heteroatoms. The van der Waals surface area contributed by atoms with Gasteiger partial charge in [-0.05, 0) is 25.1 Å². The molecule has 0 aliphatic carbocycles. The predicted octanol–water partition coefficient (Wildman–Crippen LogP) is 1.56. The van der Waals surface area contributed by atoms with Gasteiger partial charge in [0.2, 0.25) is 0 Å². The number of hydrogen-bond acceptors (Lipinski definition) is 4. The number of carbonyl (C=O) groups is 1. The van der Waals surface area contributed by atoms with E-state index in [0.717, 1.165) is 0 Å². The molecule has 5 nitrogen and oxygen atoms in total. The maximum absolute atomic E-state index is 12.5. The smallest absolute Gasteiger partial charge is 0.254 e. The summed E-state index contributed by atoms with van der Waals surface area (Å²) in [7, 11) is 3.13. The Morgan fingerprint density at radius 1 is 1.32 bits per heavy atom. The Bertz CT molecular complexity index is 461. The number of methoxy groups -OCH3 is 2.